The molecular formula is C12H24N2O4. The van der Waals surface area contributed by atoms with Crippen molar-refractivity contribution in [3.63, 3.8) is 0 Å². The maximum absolute atomic E-state index is 11.5. The van der Waals surface area contributed by atoms with Crippen LogP contribution in [0.5, 0.6) is 0 Å². The molecule has 0 aliphatic heterocycles. The van der Waals surface area contributed by atoms with Gasteiger partial charge in [-0.15, -0.1) is 0 Å². The van der Waals surface area contributed by atoms with Crippen LogP contribution < -0.4 is 10.6 Å². The maximum atomic E-state index is 11.5. The van der Waals surface area contributed by atoms with Gasteiger partial charge in [0.25, 0.3) is 0 Å². The van der Waals surface area contributed by atoms with Crippen LogP contribution in [0.4, 0.5) is 4.79 Å². The summed E-state index contributed by atoms with van der Waals surface area (Å²) in [5, 5.41) is 5.27. The third-order valence-corrected chi connectivity index (χ3v) is 2.31. The normalized spacial score (nSPS) is 12.1. The van der Waals surface area contributed by atoms with Crippen molar-refractivity contribution >= 4 is 12.0 Å². The first kappa shape index (κ1) is 16.7. The topological polar surface area (TPSA) is 76.7 Å². The predicted octanol–water partition coefficient (Wildman–Crippen LogP) is 0.910. The molecule has 0 saturated heterocycles. The number of methoxy groups -OCH3 is 2. The molecule has 0 saturated carbocycles. The van der Waals surface area contributed by atoms with Crippen LogP contribution in [-0.2, 0) is 14.3 Å². The molecule has 0 rings (SSSR count). The molecule has 0 radical (unpaired) electrons. The lowest BCUT2D eigenvalue weighted by Gasteiger charge is -2.18. The van der Waals surface area contributed by atoms with Gasteiger partial charge in [-0.2, -0.15) is 0 Å². The van der Waals surface area contributed by atoms with E-state index in [0.717, 1.165) is 6.42 Å². The molecule has 6 nitrogen and oxygen atoms in total. The number of esters is 1. The summed E-state index contributed by atoms with van der Waals surface area (Å²) in [5.41, 5.74) is 0. The number of hydrogen-bond donors (Lipinski definition) is 2. The molecule has 2 amide bonds. The number of carbonyl (C=O) groups excluding carboxylic acids is 2. The number of urea groups is 1. The molecule has 0 spiro atoms. The van der Waals surface area contributed by atoms with Gasteiger partial charge in [-0.1, -0.05) is 13.8 Å². The fraction of sp³-hybridized carbons (Fsp3) is 0.833. The highest BCUT2D eigenvalue weighted by atomic mass is 16.5. The Morgan fingerprint density at radius 3 is 2.39 bits per heavy atom. The van der Waals surface area contributed by atoms with Gasteiger partial charge in [-0.25, -0.2) is 9.59 Å². The van der Waals surface area contributed by atoms with Crippen LogP contribution >= 0.6 is 0 Å². The highest BCUT2D eigenvalue weighted by Gasteiger charge is 2.22. The van der Waals surface area contributed by atoms with Crippen molar-refractivity contribution in [1.82, 2.24) is 10.6 Å². The minimum absolute atomic E-state index is 0.294. The van der Waals surface area contributed by atoms with Crippen molar-refractivity contribution in [2.75, 3.05) is 27.4 Å². The van der Waals surface area contributed by atoms with Crippen LogP contribution in [0.25, 0.3) is 0 Å². The minimum Gasteiger partial charge on any atom is -0.467 e. The molecule has 0 aromatic carbocycles. The Morgan fingerprint density at radius 2 is 1.89 bits per heavy atom. The summed E-state index contributed by atoms with van der Waals surface area (Å²) in [7, 11) is 2.92. The van der Waals surface area contributed by atoms with Crippen LogP contribution in [-0.4, -0.2) is 45.4 Å². The maximum Gasteiger partial charge on any atom is 0.328 e. The van der Waals surface area contributed by atoms with Gasteiger partial charge in [-0.3, -0.25) is 0 Å². The first-order valence-corrected chi connectivity index (χ1v) is 6.12. The SMILES string of the molecule is COCCCNC(=O)NC(CC(C)C)C(=O)OC. The van der Waals surface area contributed by atoms with Crippen LogP contribution in [0, 0.1) is 5.92 Å². The van der Waals surface area contributed by atoms with Crippen molar-refractivity contribution in [2.45, 2.75) is 32.7 Å². The van der Waals surface area contributed by atoms with E-state index in [1.165, 1.54) is 7.11 Å². The molecular weight excluding hydrogens is 236 g/mol. The summed E-state index contributed by atoms with van der Waals surface area (Å²) in [4.78, 5) is 23.0. The monoisotopic (exact) mass is 260 g/mol. The van der Waals surface area contributed by atoms with Crippen LogP contribution in [0.1, 0.15) is 26.7 Å². The van der Waals surface area contributed by atoms with Gasteiger partial charge in [-0.05, 0) is 18.8 Å². The Balaban J connectivity index is 4.06. The number of hydrogen-bond acceptors (Lipinski definition) is 4. The number of amides is 2. The molecule has 1 unspecified atom stereocenters. The van der Waals surface area contributed by atoms with Crippen LogP contribution in [0.2, 0.25) is 0 Å². The third-order valence-electron chi connectivity index (χ3n) is 2.31. The molecule has 0 aliphatic carbocycles. The van der Waals surface area contributed by atoms with E-state index in [0.29, 0.717) is 25.5 Å². The van der Waals surface area contributed by atoms with E-state index < -0.39 is 12.0 Å². The summed E-state index contributed by atoms with van der Waals surface area (Å²) in [6.07, 6.45) is 1.29. The van der Waals surface area contributed by atoms with Crippen molar-refractivity contribution in [3.05, 3.63) is 0 Å². The van der Waals surface area contributed by atoms with E-state index in [-0.39, 0.29) is 6.03 Å². The molecule has 18 heavy (non-hydrogen) atoms. The lowest BCUT2D eigenvalue weighted by Crippen LogP contribution is -2.47. The number of carbonyl (C=O) groups is 2. The zero-order valence-electron chi connectivity index (χ0n) is 11.6. The molecule has 106 valence electrons. The van der Waals surface area contributed by atoms with Gasteiger partial charge >= 0.3 is 12.0 Å². The van der Waals surface area contributed by atoms with Crippen molar-refractivity contribution < 1.29 is 19.1 Å². The fourth-order valence-corrected chi connectivity index (χ4v) is 1.46. The van der Waals surface area contributed by atoms with Gasteiger partial charge in [0, 0.05) is 20.3 Å². The largest absolute Gasteiger partial charge is 0.467 e. The van der Waals surface area contributed by atoms with E-state index in [2.05, 4.69) is 15.4 Å². The Hall–Kier alpha value is -1.30. The number of rotatable bonds is 8. The predicted molar refractivity (Wildman–Crippen MR) is 68.3 cm³/mol. The summed E-state index contributed by atoms with van der Waals surface area (Å²) in [6.45, 7) is 5.06. The number of nitrogens with one attached hydrogen (secondary N) is 2. The van der Waals surface area contributed by atoms with E-state index in [4.69, 9.17) is 4.74 Å². The second-order valence-corrected chi connectivity index (χ2v) is 4.45. The lowest BCUT2D eigenvalue weighted by molar-refractivity contribution is -0.143. The zero-order chi connectivity index (χ0) is 14.0. The Bertz CT molecular complexity index is 256. The first-order chi connectivity index (χ1) is 8.51. The van der Waals surface area contributed by atoms with Gasteiger partial charge in [0.05, 0.1) is 7.11 Å². The minimum atomic E-state index is -0.600. The molecule has 2 N–H and O–H groups in total. The average Bonchev–Trinajstić information content (AvgIpc) is 2.32. The quantitative estimate of drug-likeness (QED) is 0.502. The smallest absolute Gasteiger partial charge is 0.328 e. The Morgan fingerprint density at radius 1 is 1.22 bits per heavy atom. The molecule has 0 fully saturated rings. The van der Waals surface area contributed by atoms with Gasteiger partial charge in [0.15, 0.2) is 0 Å². The Labute approximate surface area is 108 Å². The van der Waals surface area contributed by atoms with Crippen molar-refractivity contribution in [3.8, 4) is 0 Å². The van der Waals surface area contributed by atoms with Crippen molar-refractivity contribution in [2.24, 2.45) is 5.92 Å². The number of ether oxygens (including phenoxy) is 2. The van der Waals surface area contributed by atoms with Crippen LogP contribution in [0.15, 0.2) is 0 Å². The molecule has 0 aliphatic rings. The highest BCUT2D eigenvalue weighted by Crippen LogP contribution is 2.05. The van der Waals surface area contributed by atoms with Crippen molar-refractivity contribution in [1.29, 1.82) is 0 Å². The average molecular weight is 260 g/mol. The molecule has 6 heteroatoms. The highest BCUT2D eigenvalue weighted by molar-refractivity contribution is 5.83. The molecule has 0 aromatic rings. The summed E-state index contributed by atoms with van der Waals surface area (Å²) in [6, 6.07) is -0.959. The first-order valence-electron chi connectivity index (χ1n) is 6.12. The van der Waals surface area contributed by atoms with E-state index >= 15 is 0 Å². The van der Waals surface area contributed by atoms with E-state index in [9.17, 15) is 9.59 Å². The second-order valence-electron chi connectivity index (χ2n) is 4.45. The molecule has 1 atom stereocenters. The van der Waals surface area contributed by atoms with E-state index in [1.807, 2.05) is 13.8 Å². The Kier molecular flexibility index (Phi) is 9.00. The summed E-state index contributed by atoms with van der Waals surface area (Å²) < 4.78 is 9.52. The zero-order valence-corrected chi connectivity index (χ0v) is 11.6. The lowest BCUT2D eigenvalue weighted by atomic mass is 10.0. The van der Waals surface area contributed by atoms with Gasteiger partial charge in [0.1, 0.15) is 6.04 Å². The van der Waals surface area contributed by atoms with Gasteiger partial charge < -0.3 is 20.1 Å². The fourth-order valence-electron chi connectivity index (χ4n) is 1.46. The summed E-state index contributed by atoms with van der Waals surface area (Å²) >= 11 is 0. The molecule has 0 bridgehead atoms. The van der Waals surface area contributed by atoms with Crippen LogP contribution in [0.3, 0.4) is 0 Å². The standard InChI is InChI=1S/C12H24N2O4/c1-9(2)8-10(11(15)18-4)14-12(16)13-6-5-7-17-3/h9-10H,5-8H2,1-4H3,(H2,13,14,16). The molecule has 0 heterocycles. The molecule has 0 aromatic heterocycles. The second kappa shape index (κ2) is 9.70. The van der Waals surface area contributed by atoms with E-state index in [1.54, 1.807) is 7.11 Å². The summed E-state index contributed by atoms with van der Waals surface area (Å²) in [5.74, 6) is -0.126. The van der Waals surface area contributed by atoms with Gasteiger partial charge in [0.2, 0.25) is 0 Å². The third kappa shape index (κ3) is 7.89.